The third-order valence-corrected chi connectivity index (χ3v) is 7.30. The molecule has 7 heteroatoms. The smallest absolute Gasteiger partial charge is 0.264 e. The predicted octanol–water partition coefficient (Wildman–Crippen LogP) is 5.17. The van der Waals surface area contributed by atoms with Crippen LogP contribution in [0.2, 0.25) is 0 Å². The average molecular weight is 448 g/mol. The zero-order valence-corrected chi connectivity index (χ0v) is 19.4. The van der Waals surface area contributed by atoms with Crippen molar-refractivity contribution in [3.8, 4) is 17.2 Å². The number of thiophene rings is 1. The maximum atomic E-state index is 13.6. The van der Waals surface area contributed by atoms with Gasteiger partial charge in [-0.15, -0.1) is 11.3 Å². The SMILES string of the molecule is COc1cc2c(cc1OC)[C@H](C)N(C(=O)c1cc3c(C)nn(-c4ccccc4)c3s1)CC2. The van der Waals surface area contributed by atoms with Crippen LogP contribution >= 0.6 is 11.3 Å². The first-order valence-electron chi connectivity index (χ1n) is 10.6. The largest absolute Gasteiger partial charge is 0.493 e. The number of benzene rings is 2. The van der Waals surface area contributed by atoms with Crippen molar-refractivity contribution < 1.29 is 14.3 Å². The highest BCUT2D eigenvalue weighted by Gasteiger charge is 2.31. The highest BCUT2D eigenvalue weighted by atomic mass is 32.1. The second kappa shape index (κ2) is 7.98. The minimum Gasteiger partial charge on any atom is -0.493 e. The first-order chi connectivity index (χ1) is 15.5. The van der Waals surface area contributed by atoms with E-state index in [1.807, 2.05) is 65.0 Å². The molecule has 0 saturated heterocycles. The standard InChI is InChI=1S/C25H25N3O3S/c1-15-19-14-23(32-25(19)28(26-15)18-8-6-5-7-9-18)24(29)27-11-10-17-12-21(30-3)22(31-4)13-20(17)16(27)2/h5-9,12-14,16H,10-11H2,1-4H3/t16-/m0/s1. The van der Waals surface area contributed by atoms with Crippen molar-refractivity contribution in [2.24, 2.45) is 0 Å². The highest BCUT2D eigenvalue weighted by molar-refractivity contribution is 7.20. The predicted molar refractivity (Wildman–Crippen MR) is 126 cm³/mol. The van der Waals surface area contributed by atoms with Crippen molar-refractivity contribution in [2.75, 3.05) is 20.8 Å². The minimum absolute atomic E-state index is 0.0528. The van der Waals surface area contributed by atoms with Gasteiger partial charge in [-0.25, -0.2) is 4.68 Å². The molecule has 2 aromatic heterocycles. The zero-order valence-electron chi connectivity index (χ0n) is 18.6. The summed E-state index contributed by atoms with van der Waals surface area (Å²) in [6, 6.07) is 16.0. The Morgan fingerprint density at radius 2 is 1.81 bits per heavy atom. The van der Waals surface area contributed by atoms with Crippen molar-refractivity contribution in [3.05, 3.63) is 70.2 Å². The van der Waals surface area contributed by atoms with E-state index in [-0.39, 0.29) is 11.9 Å². The number of methoxy groups -OCH3 is 2. The van der Waals surface area contributed by atoms with E-state index in [1.165, 1.54) is 16.9 Å². The Balaban J connectivity index is 1.50. The number of carbonyl (C=O) groups is 1. The molecule has 1 aliphatic rings. The Hall–Kier alpha value is -3.32. The van der Waals surface area contributed by atoms with Gasteiger partial charge in [0.25, 0.3) is 5.91 Å². The topological polar surface area (TPSA) is 56.6 Å². The van der Waals surface area contributed by atoms with Gasteiger partial charge in [-0.05, 0) is 61.7 Å². The first-order valence-corrected chi connectivity index (χ1v) is 11.4. The molecule has 0 radical (unpaired) electrons. The molecule has 6 nitrogen and oxygen atoms in total. The molecule has 32 heavy (non-hydrogen) atoms. The van der Waals surface area contributed by atoms with Gasteiger partial charge in [0.05, 0.1) is 36.5 Å². The Morgan fingerprint density at radius 1 is 1.09 bits per heavy atom. The molecule has 0 bridgehead atoms. The van der Waals surface area contributed by atoms with Gasteiger partial charge in [-0.2, -0.15) is 5.10 Å². The second-order valence-corrected chi connectivity index (χ2v) is 9.02. The normalized spacial score (nSPS) is 15.6. The molecule has 1 aliphatic heterocycles. The summed E-state index contributed by atoms with van der Waals surface area (Å²) in [5.74, 6) is 1.47. The number of hydrogen-bond donors (Lipinski definition) is 0. The van der Waals surface area contributed by atoms with Crippen LogP contribution in [0.1, 0.15) is 39.5 Å². The number of rotatable bonds is 4. The number of amides is 1. The first kappa shape index (κ1) is 20.6. The molecule has 5 rings (SSSR count). The molecular formula is C25H25N3O3S. The summed E-state index contributed by atoms with van der Waals surface area (Å²) in [5, 5.41) is 5.72. The molecule has 1 atom stereocenters. The fourth-order valence-electron chi connectivity index (χ4n) is 4.46. The van der Waals surface area contributed by atoms with E-state index >= 15 is 0 Å². The number of aryl methyl sites for hydroxylation is 1. The molecule has 0 N–H and O–H groups in total. The molecular weight excluding hydrogens is 422 g/mol. The quantitative estimate of drug-likeness (QED) is 0.433. The summed E-state index contributed by atoms with van der Waals surface area (Å²) >= 11 is 1.50. The summed E-state index contributed by atoms with van der Waals surface area (Å²) in [5.41, 5.74) is 4.22. The number of hydrogen-bond acceptors (Lipinski definition) is 5. The fraction of sp³-hybridized carbons (Fsp3) is 0.280. The van der Waals surface area contributed by atoms with E-state index in [1.54, 1.807) is 14.2 Å². The van der Waals surface area contributed by atoms with Crippen molar-refractivity contribution in [3.63, 3.8) is 0 Å². The lowest BCUT2D eigenvalue weighted by Crippen LogP contribution is -2.38. The fourth-order valence-corrected chi connectivity index (χ4v) is 5.60. The van der Waals surface area contributed by atoms with Gasteiger partial charge >= 0.3 is 0 Å². The van der Waals surface area contributed by atoms with Gasteiger partial charge in [-0.3, -0.25) is 4.79 Å². The second-order valence-electron chi connectivity index (χ2n) is 7.99. The van der Waals surface area contributed by atoms with Gasteiger partial charge in [0.1, 0.15) is 4.83 Å². The van der Waals surface area contributed by atoms with Crippen LogP contribution in [-0.2, 0) is 6.42 Å². The molecule has 0 unspecified atom stereocenters. The molecule has 0 fully saturated rings. The van der Waals surface area contributed by atoms with E-state index in [0.29, 0.717) is 12.3 Å². The highest BCUT2D eigenvalue weighted by Crippen LogP contribution is 2.39. The Kier molecular flexibility index (Phi) is 5.13. The summed E-state index contributed by atoms with van der Waals surface area (Å²) < 4.78 is 12.9. The Morgan fingerprint density at radius 3 is 2.53 bits per heavy atom. The number of ether oxygens (including phenoxy) is 2. The molecule has 0 saturated carbocycles. The van der Waals surface area contributed by atoms with Gasteiger partial charge in [0.2, 0.25) is 0 Å². The third kappa shape index (κ3) is 3.24. The van der Waals surface area contributed by atoms with Crippen LogP contribution in [0.25, 0.3) is 15.9 Å². The van der Waals surface area contributed by atoms with Crippen LogP contribution < -0.4 is 9.47 Å². The number of carbonyl (C=O) groups excluding carboxylic acids is 1. The molecule has 3 heterocycles. The molecule has 1 amide bonds. The number of aromatic nitrogens is 2. The third-order valence-electron chi connectivity index (χ3n) is 6.20. The van der Waals surface area contributed by atoms with Gasteiger partial charge in [0, 0.05) is 11.9 Å². The molecule has 164 valence electrons. The lowest BCUT2D eigenvalue weighted by atomic mass is 9.92. The monoisotopic (exact) mass is 447 g/mol. The number of fused-ring (bicyclic) bond motifs is 2. The van der Waals surface area contributed by atoms with E-state index < -0.39 is 0 Å². The van der Waals surface area contributed by atoms with Gasteiger partial charge in [0.15, 0.2) is 11.5 Å². The minimum atomic E-state index is -0.0528. The van der Waals surface area contributed by atoms with Crippen LogP contribution in [0.3, 0.4) is 0 Å². The van der Waals surface area contributed by atoms with Crippen molar-refractivity contribution in [1.29, 1.82) is 0 Å². The van der Waals surface area contributed by atoms with E-state index in [9.17, 15) is 4.79 Å². The molecule has 2 aromatic carbocycles. The van der Waals surface area contributed by atoms with E-state index in [4.69, 9.17) is 9.47 Å². The molecule has 0 spiro atoms. The van der Waals surface area contributed by atoms with Crippen LogP contribution in [0.15, 0.2) is 48.5 Å². The van der Waals surface area contributed by atoms with Crippen LogP contribution in [0.5, 0.6) is 11.5 Å². The van der Waals surface area contributed by atoms with E-state index in [0.717, 1.165) is 44.2 Å². The lowest BCUT2D eigenvalue weighted by Gasteiger charge is -2.35. The average Bonchev–Trinajstić information content (AvgIpc) is 3.39. The summed E-state index contributed by atoms with van der Waals surface area (Å²) in [6.45, 7) is 4.73. The number of para-hydroxylation sites is 1. The van der Waals surface area contributed by atoms with Gasteiger partial charge in [-0.1, -0.05) is 18.2 Å². The zero-order chi connectivity index (χ0) is 22.4. The van der Waals surface area contributed by atoms with Gasteiger partial charge < -0.3 is 14.4 Å². The van der Waals surface area contributed by atoms with Crippen LogP contribution in [0, 0.1) is 6.92 Å². The number of nitrogens with zero attached hydrogens (tertiary/aromatic N) is 3. The van der Waals surface area contributed by atoms with Crippen LogP contribution in [-0.4, -0.2) is 41.4 Å². The van der Waals surface area contributed by atoms with Crippen molar-refractivity contribution in [1.82, 2.24) is 14.7 Å². The Bertz CT molecular complexity index is 1310. The summed E-state index contributed by atoms with van der Waals surface area (Å²) in [6.07, 6.45) is 0.785. The Labute approximate surface area is 191 Å². The maximum absolute atomic E-state index is 13.6. The lowest BCUT2D eigenvalue weighted by molar-refractivity contribution is 0.0682. The van der Waals surface area contributed by atoms with Crippen molar-refractivity contribution >= 4 is 27.5 Å². The maximum Gasteiger partial charge on any atom is 0.264 e. The summed E-state index contributed by atoms with van der Waals surface area (Å²) in [4.78, 5) is 17.3. The van der Waals surface area contributed by atoms with E-state index in [2.05, 4.69) is 12.0 Å². The molecule has 0 aliphatic carbocycles. The van der Waals surface area contributed by atoms with Crippen LogP contribution in [0.4, 0.5) is 0 Å². The van der Waals surface area contributed by atoms with Crippen molar-refractivity contribution in [2.45, 2.75) is 26.3 Å². The molecule has 4 aromatic rings. The summed E-state index contributed by atoms with van der Waals surface area (Å²) in [7, 11) is 3.28.